The van der Waals surface area contributed by atoms with Crippen molar-refractivity contribution >= 4 is 0 Å². The van der Waals surface area contributed by atoms with Gasteiger partial charge in [0.2, 0.25) is 0 Å². The Hall–Kier alpha value is -0.260. The average Bonchev–Trinajstić information content (AvgIpc) is 2.14. The van der Waals surface area contributed by atoms with Gasteiger partial charge in [0.05, 0.1) is 0 Å². The topological polar surface area (TPSA) is 0 Å². The highest BCUT2D eigenvalue weighted by atomic mass is 14.2. The van der Waals surface area contributed by atoms with E-state index in [4.69, 9.17) is 0 Å². The van der Waals surface area contributed by atoms with Crippen molar-refractivity contribution in [3.8, 4) is 0 Å². The first-order valence-electron chi connectivity index (χ1n) is 7.99. The van der Waals surface area contributed by atoms with Crippen LogP contribution in [0.1, 0.15) is 87.0 Å². The molecule has 0 nitrogen and oxygen atoms in total. The van der Waals surface area contributed by atoms with Gasteiger partial charge in [0.1, 0.15) is 0 Å². The Morgan fingerprint density at radius 2 is 1.28 bits per heavy atom. The predicted molar refractivity (Wildman–Crippen MR) is 84.9 cm³/mol. The second kappa shape index (κ2) is 8.77. The predicted octanol–water partition coefficient (Wildman–Crippen LogP) is 6.61. The maximum absolute atomic E-state index is 2.53. The van der Waals surface area contributed by atoms with Crippen LogP contribution in [0.4, 0.5) is 0 Å². The van der Waals surface area contributed by atoms with Gasteiger partial charge in [0.25, 0.3) is 0 Å². The molecule has 0 rings (SSSR count). The molecule has 2 atom stereocenters. The van der Waals surface area contributed by atoms with Crippen LogP contribution in [-0.4, -0.2) is 0 Å². The van der Waals surface area contributed by atoms with Crippen LogP contribution in [0.15, 0.2) is 11.6 Å². The molecule has 0 spiro atoms. The molecule has 0 radical (unpaired) electrons. The van der Waals surface area contributed by atoms with Crippen LogP contribution in [-0.2, 0) is 0 Å². The SMILES string of the molecule is CCCC(C)CC(=CC(C)(C)C)CC(C)CCC. The lowest BCUT2D eigenvalue weighted by atomic mass is 9.84. The van der Waals surface area contributed by atoms with E-state index in [1.54, 1.807) is 5.57 Å². The van der Waals surface area contributed by atoms with Crippen molar-refractivity contribution in [3.05, 3.63) is 11.6 Å². The van der Waals surface area contributed by atoms with Crippen molar-refractivity contribution in [1.82, 2.24) is 0 Å². The summed E-state index contributed by atoms with van der Waals surface area (Å²) >= 11 is 0. The second-order valence-corrected chi connectivity index (χ2v) is 7.36. The van der Waals surface area contributed by atoms with Gasteiger partial charge in [-0.25, -0.2) is 0 Å². The summed E-state index contributed by atoms with van der Waals surface area (Å²) in [5, 5.41) is 0. The van der Waals surface area contributed by atoms with Crippen LogP contribution in [0.2, 0.25) is 0 Å². The minimum atomic E-state index is 0.327. The van der Waals surface area contributed by atoms with Gasteiger partial charge in [-0.3, -0.25) is 0 Å². The molecule has 0 aromatic carbocycles. The number of allylic oxidation sites excluding steroid dienone is 2. The molecule has 0 heterocycles. The zero-order valence-electron chi connectivity index (χ0n) is 14.0. The van der Waals surface area contributed by atoms with Gasteiger partial charge in [-0.2, -0.15) is 0 Å². The first kappa shape index (κ1) is 17.7. The highest BCUT2D eigenvalue weighted by Crippen LogP contribution is 2.28. The Bertz CT molecular complexity index is 213. The van der Waals surface area contributed by atoms with Crippen LogP contribution in [0.3, 0.4) is 0 Å². The van der Waals surface area contributed by atoms with E-state index < -0.39 is 0 Å². The molecule has 0 fully saturated rings. The number of hydrogen-bond acceptors (Lipinski definition) is 0. The van der Waals surface area contributed by atoms with Crippen LogP contribution in [0, 0.1) is 17.3 Å². The van der Waals surface area contributed by atoms with Crippen LogP contribution < -0.4 is 0 Å². The molecule has 0 aliphatic heterocycles. The van der Waals surface area contributed by atoms with E-state index in [-0.39, 0.29) is 0 Å². The van der Waals surface area contributed by atoms with Crippen molar-refractivity contribution in [2.45, 2.75) is 87.0 Å². The van der Waals surface area contributed by atoms with E-state index in [0.29, 0.717) is 5.41 Å². The fourth-order valence-corrected chi connectivity index (χ4v) is 2.90. The molecule has 0 bridgehead atoms. The van der Waals surface area contributed by atoms with E-state index in [9.17, 15) is 0 Å². The van der Waals surface area contributed by atoms with Crippen molar-refractivity contribution in [3.63, 3.8) is 0 Å². The summed E-state index contributed by atoms with van der Waals surface area (Å²) in [6.45, 7) is 16.4. The molecule has 108 valence electrons. The molecular weight excluding hydrogens is 216 g/mol. The molecule has 0 N–H and O–H groups in total. The lowest BCUT2D eigenvalue weighted by Crippen LogP contribution is -2.07. The van der Waals surface area contributed by atoms with Gasteiger partial charge in [0, 0.05) is 0 Å². The molecule has 0 amide bonds. The summed E-state index contributed by atoms with van der Waals surface area (Å²) in [6, 6.07) is 0. The highest BCUT2D eigenvalue weighted by molar-refractivity contribution is 5.08. The quantitative estimate of drug-likeness (QED) is 0.426. The van der Waals surface area contributed by atoms with Gasteiger partial charge in [-0.1, -0.05) is 85.8 Å². The lowest BCUT2D eigenvalue weighted by Gasteiger charge is -2.22. The number of rotatable bonds is 8. The second-order valence-electron chi connectivity index (χ2n) is 7.36. The van der Waals surface area contributed by atoms with Gasteiger partial charge in [0.15, 0.2) is 0 Å². The lowest BCUT2D eigenvalue weighted by molar-refractivity contribution is 0.456. The van der Waals surface area contributed by atoms with Crippen molar-refractivity contribution < 1.29 is 0 Å². The van der Waals surface area contributed by atoms with Gasteiger partial charge >= 0.3 is 0 Å². The normalized spacial score (nSPS) is 15.3. The molecule has 0 saturated carbocycles. The number of hydrogen-bond donors (Lipinski definition) is 0. The molecule has 0 aromatic rings. The van der Waals surface area contributed by atoms with Crippen LogP contribution >= 0.6 is 0 Å². The van der Waals surface area contributed by atoms with E-state index in [0.717, 1.165) is 11.8 Å². The summed E-state index contributed by atoms with van der Waals surface area (Å²) < 4.78 is 0. The summed E-state index contributed by atoms with van der Waals surface area (Å²) in [7, 11) is 0. The standard InChI is InChI=1S/C18H36/c1-8-10-15(3)12-17(14-18(5,6)7)13-16(4)11-9-2/h14-16H,8-13H2,1-7H3. The fraction of sp³-hybridized carbons (Fsp3) is 0.889. The van der Waals surface area contributed by atoms with E-state index in [1.807, 2.05) is 0 Å². The van der Waals surface area contributed by atoms with Gasteiger partial charge in [-0.15, -0.1) is 0 Å². The summed E-state index contributed by atoms with van der Waals surface area (Å²) in [6.07, 6.45) is 10.5. The van der Waals surface area contributed by atoms with E-state index in [2.05, 4.69) is 54.5 Å². The van der Waals surface area contributed by atoms with Gasteiger partial charge < -0.3 is 0 Å². The molecule has 0 heteroatoms. The third kappa shape index (κ3) is 9.74. The van der Waals surface area contributed by atoms with Gasteiger partial charge in [-0.05, 0) is 30.1 Å². The monoisotopic (exact) mass is 252 g/mol. The van der Waals surface area contributed by atoms with E-state index >= 15 is 0 Å². The zero-order valence-corrected chi connectivity index (χ0v) is 14.0. The minimum Gasteiger partial charge on any atom is -0.0799 e. The molecule has 0 aliphatic rings. The Morgan fingerprint density at radius 1 is 0.889 bits per heavy atom. The Labute approximate surface area is 116 Å². The fourth-order valence-electron chi connectivity index (χ4n) is 2.90. The Morgan fingerprint density at radius 3 is 1.56 bits per heavy atom. The molecule has 18 heavy (non-hydrogen) atoms. The highest BCUT2D eigenvalue weighted by Gasteiger charge is 2.13. The average molecular weight is 252 g/mol. The van der Waals surface area contributed by atoms with Crippen molar-refractivity contribution in [2.24, 2.45) is 17.3 Å². The molecule has 0 aromatic heterocycles. The summed E-state index contributed by atoms with van der Waals surface area (Å²) in [5.74, 6) is 1.69. The maximum Gasteiger partial charge on any atom is -0.0200 e. The minimum absolute atomic E-state index is 0.327. The first-order valence-corrected chi connectivity index (χ1v) is 7.99. The smallest absolute Gasteiger partial charge is 0.0200 e. The largest absolute Gasteiger partial charge is 0.0799 e. The Balaban J connectivity index is 4.58. The summed E-state index contributed by atoms with van der Waals surface area (Å²) in [4.78, 5) is 0. The first-order chi connectivity index (χ1) is 8.28. The third-order valence-corrected chi connectivity index (χ3v) is 3.42. The molecular formula is C18H36. The summed E-state index contributed by atoms with van der Waals surface area (Å²) in [5.41, 5.74) is 2.03. The maximum atomic E-state index is 2.53. The third-order valence-electron chi connectivity index (χ3n) is 3.42. The van der Waals surface area contributed by atoms with Crippen molar-refractivity contribution in [2.75, 3.05) is 0 Å². The zero-order chi connectivity index (χ0) is 14.2. The van der Waals surface area contributed by atoms with Crippen LogP contribution in [0.25, 0.3) is 0 Å². The molecule has 0 aliphatic carbocycles. The molecule has 0 saturated heterocycles. The van der Waals surface area contributed by atoms with Crippen LogP contribution in [0.5, 0.6) is 0 Å². The Kier molecular flexibility index (Phi) is 8.65. The van der Waals surface area contributed by atoms with E-state index in [1.165, 1.54) is 38.5 Å². The van der Waals surface area contributed by atoms with Crippen molar-refractivity contribution in [1.29, 1.82) is 0 Å². The molecule has 2 unspecified atom stereocenters.